The quantitative estimate of drug-likeness (QED) is 0.672. The van der Waals surface area contributed by atoms with Crippen molar-refractivity contribution in [3.63, 3.8) is 0 Å². The maximum atomic E-state index is 13.4. The van der Waals surface area contributed by atoms with Crippen molar-refractivity contribution in [1.82, 2.24) is 5.32 Å². The number of hydrogen-bond donors (Lipinski definition) is 1. The summed E-state index contributed by atoms with van der Waals surface area (Å²) in [7, 11) is 4.04. The zero-order valence-electron chi connectivity index (χ0n) is 18.7. The number of dihydropyridines is 1. The van der Waals surface area contributed by atoms with Gasteiger partial charge in [0, 0.05) is 28.3 Å². The number of allylic oxidation sites excluding steroid dienone is 2. The number of ether oxygens (including phenoxy) is 4. The van der Waals surface area contributed by atoms with Crippen LogP contribution in [0.2, 0.25) is 0 Å². The summed E-state index contributed by atoms with van der Waals surface area (Å²) >= 11 is 0. The summed E-state index contributed by atoms with van der Waals surface area (Å²) < 4.78 is 20.6. The van der Waals surface area contributed by atoms with E-state index in [-0.39, 0.29) is 12.4 Å². The van der Waals surface area contributed by atoms with Gasteiger partial charge < -0.3 is 24.3 Å². The van der Waals surface area contributed by atoms with Gasteiger partial charge in [0.15, 0.2) is 23.9 Å². The fourth-order valence-electron chi connectivity index (χ4n) is 4.22. The first-order chi connectivity index (χ1) is 15.9. The SMILES string of the molecule is COC(=O)COc1ccc([C@H]2C(C(=O)OC)=C(C)NC3=C2C(=O)c2ccccc23)cc1OC. The lowest BCUT2D eigenvalue weighted by atomic mass is 9.79. The molecule has 8 heteroatoms. The molecule has 1 heterocycles. The molecule has 1 aliphatic heterocycles. The Bertz CT molecular complexity index is 1230. The molecule has 2 aliphatic rings. The van der Waals surface area contributed by atoms with Gasteiger partial charge in [0.05, 0.1) is 32.6 Å². The summed E-state index contributed by atoms with van der Waals surface area (Å²) in [6.45, 7) is 1.49. The van der Waals surface area contributed by atoms with E-state index in [2.05, 4.69) is 10.1 Å². The van der Waals surface area contributed by atoms with Gasteiger partial charge in [-0.05, 0) is 24.6 Å². The van der Waals surface area contributed by atoms with Crippen LogP contribution in [0.25, 0.3) is 5.70 Å². The normalized spacial score (nSPS) is 16.6. The molecule has 0 saturated carbocycles. The van der Waals surface area contributed by atoms with E-state index >= 15 is 0 Å². The lowest BCUT2D eigenvalue weighted by molar-refractivity contribution is -0.143. The molecule has 170 valence electrons. The third kappa shape index (κ3) is 3.73. The van der Waals surface area contributed by atoms with E-state index in [9.17, 15) is 14.4 Å². The number of benzene rings is 2. The molecule has 1 atom stereocenters. The fourth-order valence-corrected chi connectivity index (χ4v) is 4.22. The van der Waals surface area contributed by atoms with Crippen LogP contribution in [-0.4, -0.2) is 45.7 Å². The predicted molar refractivity (Wildman–Crippen MR) is 119 cm³/mol. The molecular weight excluding hydrogens is 426 g/mol. The highest BCUT2D eigenvalue weighted by Gasteiger charge is 2.43. The smallest absolute Gasteiger partial charge is 0.343 e. The van der Waals surface area contributed by atoms with Gasteiger partial charge in [0.1, 0.15) is 0 Å². The second kappa shape index (κ2) is 8.82. The highest BCUT2D eigenvalue weighted by atomic mass is 16.6. The van der Waals surface area contributed by atoms with Crippen molar-refractivity contribution in [1.29, 1.82) is 0 Å². The monoisotopic (exact) mass is 449 g/mol. The van der Waals surface area contributed by atoms with Crippen molar-refractivity contribution in [2.24, 2.45) is 0 Å². The number of carbonyl (C=O) groups excluding carboxylic acids is 3. The van der Waals surface area contributed by atoms with E-state index in [4.69, 9.17) is 14.2 Å². The highest BCUT2D eigenvalue weighted by Crippen LogP contribution is 2.47. The zero-order valence-corrected chi connectivity index (χ0v) is 18.7. The molecule has 4 rings (SSSR count). The Morgan fingerprint density at radius 3 is 2.36 bits per heavy atom. The fraction of sp³-hybridized carbons (Fsp3) is 0.240. The maximum Gasteiger partial charge on any atom is 0.343 e. The average molecular weight is 449 g/mol. The number of ketones is 1. The van der Waals surface area contributed by atoms with Crippen LogP contribution in [-0.2, 0) is 19.1 Å². The first kappa shape index (κ1) is 22.1. The van der Waals surface area contributed by atoms with Crippen LogP contribution in [0.3, 0.4) is 0 Å². The van der Waals surface area contributed by atoms with Gasteiger partial charge in [-0.25, -0.2) is 9.59 Å². The van der Waals surface area contributed by atoms with Gasteiger partial charge in [0.2, 0.25) is 0 Å². The van der Waals surface area contributed by atoms with Crippen molar-refractivity contribution in [2.75, 3.05) is 27.9 Å². The summed E-state index contributed by atoms with van der Waals surface area (Å²) in [5.41, 5.74) is 4.08. The van der Waals surface area contributed by atoms with Crippen molar-refractivity contribution >= 4 is 23.4 Å². The average Bonchev–Trinajstić information content (AvgIpc) is 3.12. The molecule has 0 aromatic heterocycles. The Kier molecular flexibility index (Phi) is 5.91. The maximum absolute atomic E-state index is 13.4. The molecule has 1 aliphatic carbocycles. The van der Waals surface area contributed by atoms with Crippen molar-refractivity contribution in [3.8, 4) is 11.5 Å². The minimum Gasteiger partial charge on any atom is -0.493 e. The van der Waals surface area contributed by atoms with Crippen molar-refractivity contribution in [2.45, 2.75) is 12.8 Å². The molecular formula is C25H23NO7. The number of carbonyl (C=O) groups is 3. The first-order valence-corrected chi connectivity index (χ1v) is 10.2. The summed E-state index contributed by atoms with van der Waals surface area (Å²) in [4.78, 5) is 37.7. The Labute approximate surface area is 190 Å². The van der Waals surface area contributed by atoms with Crippen molar-refractivity contribution < 1.29 is 33.3 Å². The van der Waals surface area contributed by atoms with Gasteiger partial charge in [0.25, 0.3) is 0 Å². The number of fused-ring (bicyclic) bond motifs is 2. The van der Waals surface area contributed by atoms with E-state index in [1.54, 1.807) is 31.2 Å². The molecule has 0 radical (unpaired) electrons. The molecule has 0 saturated heterocycles. The molecule has 33 heavy (non-hydrogen) atoms. The second-order valence-corrected chi connectivity index (χ2v) is 7.53. The minimum atomic E-state index is -0.683. The number of hydrogen-bond acceptors (Lipinski definition) is 8. The number of methoxy groups -OCH3 is 3. The third-order valence-electron chi connectivity index (χ3n) is 5.75. The van der Waals surface area contributed by atoms with E-state index in [1.165, 1.54) is 21.3 Å². The largest absolute Gasteiger partial charge is 0.493 e. The molecule has 0 unspecified atom stereocenters. The Morgan fingerprint density at radius 2 is 1.70 bits per heavy atom. The molecule has 0 bridgehead atoms. The van der Waals surface area contributed by atoms with Gasteiger partial charge in [-0.15, -0.1) is 0 Å². The summed E-state index contributed by atoms with van der Waals surface area (Å²) in [5.74, 6) is -1.23. The molecule has 0 amide bonds. The van der Waals surface area contributed by atoms with Crippen LogP contribution in [0.15, 0.2) is 59.3 Å². The predicted octanol–water partition coefficient (Wildman–Crippen LogP) is 2.99. The third-order valence-corrected chi connectivity index (χ3v) is 5.75. The van der Waals surface area contributed by atoms with E-state index in [1.807, 2.05) is 18.2 Å². The second-order valence-electron chi connectivity index (χ2n) is 7.53. The highest BCUT2D eigenvalue weighted by molar-refractivity contribution is 6.23. The topological polar surface area (TPSA) is 100 Å². The number of nitrogens with one attached hydrogen (secondary N) is 1. The van der Waals surface area contributed by atoms with Crippen molar-refractivity contribution in [3.05, 3.63) is 76.0 Å². The summed E-state index contributed by atoms with van der Waals surface area (Å²) in [6, 6.07) is 12.4. The Morgan fingerprint density at radius 1 is 0.970 bits per heavy atom. The standard InChI is InChI=1S/C25H23NO7/c1-13-20(25(29)32-4)21(22-23(26-13)15-7-5-6-8-16(15)24(22)28)14-9-10-17(18(11-14)30-2)33-12-19(27)31-3/h5-11,21,26H,12H2,1-4H3/t21-/m0/s1. The molecule has 2 aromatic carbocycles. The number of esters is 2. The van der Waals surface area contributed by atoms with Gasteiger partial charge >= 0.3 is 11.9 Å². The summed E-state index contributed by atoms with van der Waals surface area (Å²) in [6.07, 6.45) is 0. The Balaban J connectivity index is 1.84. The molecule has 1 N–H and O–H groups in total. The molecule has 0 spiro atoms. The van der Waals surface area contributed by atoms with Crippen LogP contribution in [0.4, 0.5) is 0 Å². The lowest BCUT2D eigenvalue weighted by Gasteiger charge is -2.29. The first-order valence-electron chi connectivity index (χ1n) is 10.2. The van der Waals surface area contributed by atoms with E-state index in [0.717, 1.165) is 5.56 Å². The van der Waals surface area contributed by atoms with Crippen LogP contribution in [0, 0.1) is 0 Å². The summed E-state index contributed by atoms with van der Waals surface area (Å²) in [5, 5.41) is 3.24. The van der Waals surface area contributed by atoms with E-state index in [0.29, 0.717) is 45.2 Å². The Hall–Kier alpha value is -4.07. The molecule has 0 fully saturated rings. The van der Waals surface area contributed by atoms with Gasteiger partial charge in [-0.3, -0.25) is 4.79 Å². The van der Waals surface area contributed by atoms with Crippen LogP contribution < -0.4 is 14.8 Å². The molecule has 8 nitrogen and oxygen atoms in total. The number of Topliss-reactive ketones (excluding diaryl/α,β-unsaturated/α-hetero) is 1. The van der Waals surface area contributed by atoms with Crippen LogP contribution in [0.1, 0.15) is 34.3 Å². The van der Waals surface area contributed by atoms with Crippen LogP contribution in [0.5, 0.6) is 11.5 Å². The van der Waals surface area contributed by atoms with Gasteiger partial charge in [-0.1, -0.05) is 30.3 Å². The van der Waals surface area contributed by atoms with E-state index < -0.39 is 17.9 Å². The lowest BCUT2D eigenvalue weighted by Crippen LogP contribution is -2.29. The molecule has 2 aromatic rings. The zero-order chi connectivity index (χ0) is 23.7. The van der Waals surface area contributed by atoms with Crippen LogP contribution >= 0.6 is 0 Å². The minimum absolute atomic E-state index is 0.156. The number of rotatable bonds is 6. The van der Waals surface area contributed by atoms with Gasteiger partial charge in [-0.2, -0.15) is 0 Å².